The summed E-state index contributed by atoms with van der Waals surface area (Å²) in [6, 6.07) is 10.8. The lowest BCUT2D eigenvalue weighted by molar-refractivity contribution is 0.0531. The summed E-state index contributed by atoms with van der Waals surface area (Å²) in [5.74, 6) is 0.896. The molecule has 0 atom stereocenters. The number of hydrogen-bond acceptors (Lipinski definition) is 3. The number of unbranched alkanes of at least 4 members (excludes halogenated alkanes) is 1. The molecule has 1 aliphatic heterocycles. The molecular formula is C22H38IN3O2. The van der Waals surface area contributed by atoms with Crippen LogP contribution >= 0.6 is 24.0 Å². The first-order chi connectivity index (χ1) is 13.3. The lowest BCUT2D eigenvalue weighted by atomic mass is 9.74. The molecule has 0 bridgehead atoms. The van der Waals surface area contributed by atoms with Gasteiger partial charge in [-0.3, -0.25) is 4.99 Å². The second-order valence-corrected chi connectivity index (χ2v) is 7.20. The normalized spacial score (nSPS) is 16.3. The van der Waals surface area contributed by atoms with E-state index in [-0.39, 0.29) is 29.4 Å². The third-order valence-electron chi connectivity index (χ3n) is 5.12. The van der Waals surface area contributed by atoms with Crippen LogP contribution < -0.4 is 10.6 Å². The Morgan fingerprint density at radius 1 is 1.07 bits per heavy atom. The van der Waals surface area contributed by atoms with Gasteiger partial charge in [0.15, 0.2) is 5.96 Å². The number of nitrogens with one attached hydrogen (secondary N) is 2. The molecule has 1 fully saturated rings. The highest BCUT2D eigenvalue weighted by Crippen LogP contribution is 2.35. The van der Waals surface area contributed by atoms with Crippen molar-refractivity contribution in [1.82, 2.24) is 10.6 Å². The SMILES string of the molecule is CCCCOCCCNC(=NCC1(c2ccccc2)CCOCC1)NCC.I. The van der Waals surface area contributed by atoms with E-state index in [1.807, 2.05) is 0 Å². The standard InChI is InChI=1S/C22H37N3O2.HI/c1-3-5-15-26-16-9-14-24-21(23-4-2)25-19-22(12-17-27-18-13-22)20-10-7-6-8-11-20;/h6-8,10-11H,3-5,9,12-19H2,1-2H3,(H2,23,24,25);1H. The summed E-state index contributed by atoms with van der Waals surface area (Å²) in [5.41, 5.74) is 1.45. The van der Waals surface area contributed by atoms with Gasteiger partial charge in [-0.2, -0.15) is 0 Å². The second kappa shape index (κ2) is 15.0. The van der Waals surface area contributed by atoms with Crippen LogP contribution in [0.2, 0.25) is 0 Å². The van der Waals surface area contributed by atoms with E-state index >= 15 is 0 Å². The predicted molar refractivity (Wildman–Crippen MR) is 128 cm³/mol. The molecule has 0 radical (unpaired) electrons. The van der Waals surface area contributed by atoms with Gasteiger partial charge in [-0.15, -0.1) is 24.0 Å². The van der Waals surface area contributed by atoms with Crippen molar-refractivity contribution in [3.8, 4) is 0 Å². The lowest BCUT2D eigenvalue weighted by Crippen LogP contribution is -2.41. The molecule has 0 aromatic heterocycles. The Kier molecular flexibility index (Phi) is 13.5. The average molecular weight is 503 g/mol. The van der Waals surface area contributed by atoms with Crippen molar-refractivity contribution in [2.24, 2.45) is 4.99 Å². The first-order valence-electron chi connectivity index (χ1n) is 10.5. The maximum absolute atomic E-state index is 5.63. The van der Waals surface area contributed by atoms with Gasteiger partial charge in [-0.05, 0) is 38.2 Å². The molecule has 0 amide bonds. The van der Waals surface area contributed by atoms with Crippen molar-refractivity contribution in [3.63, 3.8) is 0 Å². The van der Waals surface area contributed by atoms with Crippen LogP contribution in [0.3, 0.4) is 0 Å². The van der Waals surface area contributed by atoms with E-state index in [4.69, 9.17) is 14.5 Å². The van der Waals surface area contributed by atoms with Crippen LogP contribution in [0, 0.1) is 0 Å². The fourth-order valence-electron chi connectivity index (χ4n) is 3.39. The van der Waals surface area contributed by atoms with Crippen LogP contribution in [0.4, 0.5) is 0 Å². The minimum Gasteiger partial charge on any atom is -0.381 e. The number of hydrogen-bond donors (Lipinski definition) is 2. The number of benzene rings is 1. The molecule has 28 heavy (non-hydrogen) atoms. The summed E-state index contributed by atoms with van der Waals surface area (Å²) >= 11 is 0. The van der Waals surface area contributed by atoms with Gasteiger partial charge in [-0.1, -0.05) is 43.7 Å². The smallest absolute Gasteiger partial charge is 0.191 e. The Balaban J connectivity index is 0.00000392. The van der Waals surface area contributed by atoms with Crippen LogP contribution in [-0.4, -0.2) is 52.0 Å². The third kappa shape index (κ3) is 8.66. The number of guanidine groups is 1. The Bertz CT molecular complexity index is 534. The van der Waals surface area contributed by atoms with Gasteiger partial charge in [0.2, 0.25) is 0 Å². The highest BCUT2D eigenvalue weighted by atomic mass is 127. The van der Waals surface area contributed by atoms with Crippen LogP contribution in [0.25, 0.3) is 0 Å². The minimum atomic E-state index is 0. The van der Waals surface area contributed by atoms with Gasteiger partial charge in [0.1, 0.15) is 0 Å². The maximum atomic E-state index is 5.63. The van der Waals surface area contributed by atoms with Crippen molar-refractivity contribution in [2.75, 3.05) is 46.1 Å². The molecule has 160 valence electrons. The minimum absolute atomic E-state index is 0. The molecule has 1 aromatic rings. The molecule has 1 aliphatic rings. The van der Waals surface area contributed by atoms with E-state index in [1.54, 1.807) is 0 Å². The first kappa shape index (κ1) is 25.2. The van der Waals surface area contributed by atoms with E-state index in [0.717, 1.165) is 77.7 Å². The topological polar surface area (TPSA) is 54.9 Å². The fourth-order valence-corrected chi connectivity index (χ4v) is 3.39. The average Bonchev–Trinajstić information content (AvgIpc) is 2.72. The summed E-state index contributed by atoms with van der Waals surface area (Å²) in [4.78, 5) is 4.93. The molecule has 1 aromatic carbocycles. The van der Waals surface area contributed by atoms with Crippen molar-refractivity contribution in [3.05, 3.63) is 35.9 Å². The van der Waals surface area contributed by atoms with Gasteiger partial charge in [0.05, 0.1) is 6.54 Å². The van der Waals surface area contributed by atoms with Gasteiger partial charge < -0.3 is 20.1 Å². The van der Waals surface area contributed by atoms with Gasteiger partial charge >= 0.3 is 0 Å². The van der Waals surface area contributed by atoms with Crippen molar-refractivity contribution < 1.29 is 9.47 Å². The van der Waals surface area contributed by atoms with E-state index in [9.17, 15) is 0 Å². The number of ether oxygens (including phenoxy) is 2. The molecule has 0 spiro atoms. The van der Waals surface area contributed by atoms with Crippen molar-refractivity contribution >= 4 is 29.9 Å². The molecule has 1 saturated heterocycles. The van der Waals surface area contributed by atoms with Crippen molar-refractivity contribution in [2.45, 2.75) is 51.4 Å². The molecule has 2 rings (SSSR count). The van der Waals surface area contributed by atoms with Crippen molar-refractivity contribution in [1.29, 1.82) is 0 Å². The number of nitrogens with zero attached hydrogens (tertiary/aromatic N) is 1. The summed E-state index contributed by atoms with van der Waals surface area (Å²) in [7, 11) is 0. The Hall–Kier alpha value is -0.860. The van der Waals surface area contributed by atoms with E-state index in [1.165, 1.54) is 12.0 Å². The van der Waals surface area contributed by atoms with E-state index in [2.05, 4.69) is 54.8 Å². The molecule has 0 saturated carbocycles. The van der Waals surface area contributed by atoms with Crippen LogP contribution in [0.1, 0.15) is 51.5 Å². The summed E-state index contributed by atoms with van der Waals surface area (Å²) in [5, 5.41) is 6.82. The number of halogens is 1. The van der Waals surface area contributed by atoms with E-state index < -0.39 is 0 Å². The second-order valence-electron chi connectivity index (χ2n) is 7.20. The quantitative estimate of drug-likeness (QED) is 0.207. The highest BCUT2D eigenvalue weighted by Gasteiger charge is 2.34. The van der Waals surface area contributed by atoms with Gasteiger partial charge in [-0.25, -0.2) is 0 Å². The molecule has 0 aliphatic carbocycles. The van der Waals surface area contributed by atoms with Crippen LogP contribution in [-0.2, 0) is 14.9 Å². The van der Waals surface area contributed by atoms with Crippen LogP contribution in [0.5, 0.6) is 0 Å². The Morgan fingerprint density at radius 3 is 2.46 bits per heavy atom. The summed E-state index contributed by atoms with van der Waals surface area (Å²) in [6.45, 7) is 10.1. The predicted octanol–water partition coefficient (Wildman–Crippen LogP) is 4.11. The maximum Gasteiger partial charge on any atom is 0.191 e. The number of rotatable bonds is 11. The van der Waals surface area contributed by atoms with Crippen LogP contribution in [0.15, 0.2) is 35.3 Å². The molecule has 6 heteroatoms. The Labute approximate surface area is 188 Å². The largest absolute Gasteiger partial charge is 0.381 e. The Morgan fingerprint density at radius 2 is 1.79 bits per heavy atom. The molecule has 2 N–H and O–H groups in total. The lowest BCUT2D eigenvalue weighted by Gasteiger charge is -2.36. The molecular weight excluding hydrogens is 465 g/mol. The first-order valence-corrected chi connectivity index (χ1v) is 10.5. The summed E-state index contributed by atoms with van der Waals surface area (Å²) in [6.07, 6.45) is 5.36. The fraction of sp³-hybridized carbons (Fsp3) is 0.682. The monoisotopic (exact) mass is 503 g/mol. The molecule has 0 unspecified atom stereocenters. The highest BCUT2D eigenvalue weighted by molar-refractivity contribution is 14.0. The zero-order valence-electron chi connectivity index (χ0n) is 17.5. The number of aliphatic imine (C=N–C) groups is 1. The molecule has 1 heterocycles. The summed E-state index contributed by atoms with van der Waals surface area (Å²) < 4.78 is 11.3. The third-order valence-corrected chi connectivity index (χ3v) is 5.12. The van der Waals surface area contributed by atoms with Gasteiger partial charge in [0.25, 0.3) is 0 Å². The molecule has 5 nitrogen and oxygen atoms in total. The zero-order chi connectivity index (χ0) is 19.2. The van der Waals surface area contributed by atoms with Gasteiger partial charge in [0, 0.05) is 44.9 Å². The zero-order valence-corrected chi connectivity index (χ0v) is 19.9. The van der Waals surface area contributed by atoms with E-state index in [0.29, 0.717) is 0 Å².